The van der Waals surface area contributed by atoms with Crippen LogP contribution in [0, 0.1) is 6.92 Å². The van der Waals surface area contributed by atoms with Crippen LogP contribution in [0.1, 0.15) is 25.0 Å². The lowest BCUT2D eigenvalue weighted by Gasteiger charge is -2.42. The van der Waals surface area contributed by atoms with E-state index >= 15 is 0 Å². The molecule has 0 spiro atoms. The van der Waals surface area contributed by atoms with Crippen molar-refractivity contribution in [3.8, 4) is 5.75 Å². The molecule has 0 saturated heterocycles. The van der Waals surface area contributed by atoms with Crippen LogP contribution < -0.4 is 10.1 Å². The van der Waals surface area contributed by atoms with Gasteiger partial charge >= 0.3 is 0 Å². The van der Waals surface area contributed by atoms with Crippen molar-refractivity contribution in [3.05, 3.63) is 41.5 Å². The van der Waals surface area contributed by atoms with Gasteiger partial charge in [-0.2, -0.15) is 0 Å². The van der Waals surface area contributed by atoms with Gasteiger partial charge < -0.3 is 10.1 Å². The Balaban J connectivity index is 2.26. The summed E-state index contributed by atoms with van der Waals surface area (Å²) in [6.07, 6.45) is 0. The molecular formula is C13H15NO2. The van der Waals surface area contributed by atoms with E-state index in [0.29, 0.717) is 5.57 Å². The van der Waals surface area contributed by atoms with E-state index in [1.807, 2.05) is 32.0 Å². The van der Waals surface area contributed by atoms with Crippen LogP contribution in [0.15, 0.2) is 30.4 Å². The molecule has 2 rings (SSSR count). The van der Waals surface area contributed by atoms with Gasteiger partial charge in [0.1, 0.15) is 5.75 Å². The lowest BCUT2D eigenvalue weighted by atomic mass is 9.94. The minimum atomic E-state index is -0.711. The molecule has 0 aromatic heterocycles. The highest BCUT2D eigenvalue weighted by molar-refractivity contribution is 5.92. The number of carbonyl (C=O) groups is 1. The Morgan fingerprint density at radius 2 is 2.19 bits per heavy atom. The maximum Gasteiger partial charge on any atom is 0.249 e. The summed E-state index contributed by atoms with van der Waals surface area (Å²) in [6, 6.07) is 5.91. The number of hydrogen-bond acceptors (Lipinski definition) is 2. The third-order valence-electron chi connectivity index (χ3n) is 2.77. The largest absolute Gasteiger partial charge is 0.463 e. The number of rotatable bonds is 2. The molecule has 0 aliphatic carbocycles. The van der Waals surface area contributed by atoms with Crippen LogP contribution in [0.5, 0.6) is 5.75 Å². The number of hydrogen-bond donors (Lipinski definition) is 1. The number of ether oxygens (including phenoxy) is 1. The highest BCUT2D eigenvalue weighted by atomic mass is 16.5. The lowest BCUT2D eigenvalue weighted by Crippen LogP contribution is -2.53. The van der Waals surface area contributed by atoms with E-state index in [1.165, 1.54) is 0 Å². The molecule has 1 N–H and O–H groups in total. The van der Waals surface area contributed by atoms with Crippen molar-refractivity contribution in [2.24, 2.45) is 0 Å². The first kappa shape index (κ1) is 10.7. The van der Waals surface area contributed by atoms with Gasteiger partial charge in [-0.1, -0.05) is 18.7 Å². The first-order valence-electron chi connectivity index (χ1n) is 5.21. The van der Waals surface area contributed by atoms with Gasteiger partial charge in [-0.15, -0.1) is 0 Å². The summed E-state index contributed by atoms with van der Waals surface area (Å²) >= 11 is 0. The van der Waals surface area contributed by atoms with Gasteiger partial charge in [-0.25, -0.2) is 0 Å². The number of para-hydroxylation sites is 1. The molecule has 84 valence electrons. The minimum absolute atomic E-state index is 0.186. The number of aryl methyl sites for hydroxylation is 1. The summed E-state index contributed by atoms with van der Waals surface area (Å²) in [4.78, 5) is 11.6. The first-order chi connectivity index (χ1) is 7.44. The predicted molar refractivity (Wildman–Crippen MR) is 62.1 cm³/mol. The number of benzene rings is 1. The van der Waals surface area contributed by atoms with Crippen molar-refractivity contribution < 1.29 is 9.53 Å². The van der Waals surface area contributed by atoms with Crippen molar-refractivity contribution in [2.75, 3.05) is 0 Å². The van der Waals surface area contributed by atoms with Crippen LogP contribution in [-0.2, 0) is 10.5 Å². The second kappa shape index (κ2) is 3.37. The van der Waals surface area contributed by atoms with Crippen LogP contribution in [-0.4, -0.2) is 5.91 Å². The molecule has 1 amide bonds. The van der Waals surface area contributed by atoms with Gasteiger partial charge in [-0.3, -0.25) is 4.79 Å². The zero-order valence-corrected chi connectivity index (χ0v) is 9.76. The molecule has 1 aromatic carbocycles. The van der Waals surface area contributed by atoms with E-state index in [0.717, 1.165) is 16.9 Å². The number of carbonyl (C=O) groups excluding carboxylic acids is 1. The van der Waals surface area contributed by atoms with E-state index < -0.39 is 5.72 Å². The quantitative estimate of drug-likeness (QED) is 0.772. The third kappa shape index (κ3) is 1.48. The topological polar surface area (TPSA) is 38.3 Å². The lowest BCUT2D eigenvalue weighted by molar-refractivity contribution is -0.125. The van der Waals surface area contributed by atoms with Gasteiger partial charge in [0.05, 0.1) is 5.56 Å². The highest BCUT2D eigenvalue weighted by Crippen LogP contribution is 2.44. The number of amides is 1. The van der Waals surface area contributed by atoms with Crippen molar-refractivity contribution >= 4 is 5.91 Å². The van der Waals surface area contributed by atoms with Gasteiger partial charge in [0, 0.05) is 5.57 Å². The van der Waals surface area contributed by atoms with Gasteiger partial charge in [0.2, 0.25) is 11.6 Å². The molecule has 1 heterocycles. The Hall–Kier alpha value is -1.77. The standard InChI is InChI=1S/C13H15NO2/c1-8(2)12(15)14-13(4)10-7-5-6-9(3)11(10)16-13/h5-7H,1H2,2-4H3,(H,14,15). The molecule has 1 aliphatic rings. The highest BCUT2D eigenvalue weighted by Gasteiger charge is 2.43. The second-order valence-corrected chi connectivity index (χ2v) is 4.32. The summed E-state index contributed by atoms with van der Waals surface area (Å²) in [7, 11) is 0. The van der Waals surface area contributed by atoms with Crippen molar-refractivity contribution in [1.29, 1.82) is 0 Å². The van der Waals surface area contributed by atoms with Crippen LogP contribution >= 0.6 is 0 Å². The molecule has 0 radical (unpaired) electrons. The molecule has 16 heavy (non-hydrogen) atoms. The summed E-state index contributed by atoms with van der Waals surface area (Å²) in [5.74, 6) is 0.682. The Bertz CT molecular complexity index is 479. The average Bonchev–Trinajstić information content (AvgIpc) is 2.20. The van der Waals surface area contributed by atoms with Crippen molar-refractivity contribution in [2.45, 2.75) is 26.5 Å². The molecule has 1 atom stereocenters. The predicted octanol–water partition coefficient (Wildman–Crippen LogP) is 2.25. The molecule has 1 aromatic rings. The van der Waals surface area contributed by atoms with Crippen LogP contribution in [0.2, 0.25) is 0 Å². The normalized spacial score (nSPS) is 21.4. The Morgan fingerprint density at radius 1 is 1.50 bits per heavy atom. The molecule has 3 nitrogen and oxygen atoms in total. The number of fused-ring (bicyclic) bond motifs is 1. The summed E-state index contributed by atoms with van der Waals surface area (Å²) in [5, 5.41) is 2.81. The first-order valence-corrected chi connectivity index (χ1v) is 5.21. The molecule has 0 fully saturated rings. The van der Waals surface area contributed by atoms with E-state index in [1.54, 1.807) is 6.92 Å². The smallest absolute Gasteiger partial charge is 0.249 e. The molecule has 1 unspecified atom stereocenters. The SMILES string of the molecule is C=C(C)C(=O)NC1(C)Oc2c(C)cccc21. The average molecular weight is 217 g/mol. The van der Waals surface area contributed by atoms with Gasteiger partial charge in [0.25, 0.3) is 0 Å². The molecule has 0 saturated carbocycles. The maximum atomic E-state index is 11.6. The summed E-state index contributed by atoms with van der Waals surface area (Å²) < 4.78 is 5.65. The third-order valence-corrected chi connectivity index (χ3v) is 2.77. The minimum Gasteiger partial charge on any atom is -0.463 e. The fourth-order valence-corrected chi connectivity index (χ4v) is 1.79. The Morgan fingerprint density at radius 3 is 2.81 bits per heavy atom. The maximum absolute atomic E-state index is 11.6. The molecule has 0 bridgehead atoms. The van der Waals surface area contributed by atoms with E-state index in [-0.39, 0.29) is 5.91 Å². The van der Waals surface area contributed by atoms with E-state index in [4.69, 9.17) is 4.74 Å². The summed E-state index contributed by atoms with van der Waals surface area (Å²) in [6.45, 7) is 9.11. The van der Waals surface area contributed by atoms with Crippen LogP contribution in [0.3, 0.4) is 0 Å². The van der Waals surface area contributed by atoms with Gasteiger partial charge in [-0.05, 0) is 32.4 Å². The molecular weight excluding hydrogens is 202 g/mol. The monoisotopic (exact) mass is 217 g/mol. The zero-order valence-electron chi connectivity index (χ0n) is 9.76. The fraction of sp³-hybridized carbons (Fsp3) is 0.308. The van der Waals surface area contributed by atoms with Crippen molar-refractivity contribution in [1.82, 2.24) is 5.32 Å². The van der Waals surface area contributed by atoms with E-state index in [9.17, 15) is 4.79 Å². The van der Waals surface area contributed by atoms with Gasteiger partial charge in [0.15, 0.2) is 0 Å². The number of nitrogens with one attached hydrogen (secondary N) is 1. The van der Waals surface area contributed by atoms with Crippen LogP contribution in [0.25, 0.3) is 0 Å². The Labute approximate surface area is 95.1 Å². The summed E-state index contributed by atoms with van der Waals surface area (Å²) in [5.41, 5.74) is 1.87. The van der Waals surface area contributed by atoms with E-state index in [2.05, 4.69) is 11.9 Å². The second-order valence-electron chi connectivity index (χ2n) is 4.32. The van der Waals surface area contributed by atoms with Crippen molar-refractivity contribution in [3.63, 3.8) is 0 Å². The molecule has 1 aliphatic heterocycles. The zero-order chi connectivity index (χ0) is 11.9. The fourth-order valence-electron chi connectivity index (χ4n) is 1.79. The van der Waals surface area contributed by atoms with Crippen LogP contribution in [0.4, 0.5) is 0 Å². The molecule has 3 heteroatoms. The Kier molecular flexibility index (Phi) is 2.26.